The Bertz CT molecular complexity index is 643. The highest BCUT2D eigenvalue weighted by Crippen LogP contribution is 2.12. The van der Waals surface area contributed by atoms with E-state index < -0.39 is 6.04 Å². The molecule has 0 heterocycles. The summed E-state index contributed by atoms with van der Waals surface area (Å²) in [6, 6.07) is 11.5. The van der Waals surface area contributed by atoms with Crippen LogP contribution in [0.5, 0.6) is 0 Å². The lowest BCUT2D eigenvalue weighted by Gasteiger charge is -2.24. The highest BCUT2D eigenvalue weighted by molar-refractivity contribution is 5.94. The number of hydrogen-bond donors (Lipinski definition) is 1. The molecule has 0 spiro atoms. The normalized spacial score (nSPS) is 12.2. The number of carbonyl (C=O) groups is 1. The van der Waals surface area contributed by atoms with Crippen molar-refractivity contribution in [2.24, 2.45) is 0 Å². The summed E-state index contributed by atoms with van der Waals surface area (Å²) in [5, 5.41) is 2.73. The fourth-order valence-electron chi connectivity index (χ4n) is 2.04. The number of benzene rings is 2. The Morgan fingerprint density at radius 1 is 1.14 bits per heavy atom. The lowest BCUT2D eigenvalue weighted by Crippen LogP contribution is -2.39. The maximum Gasteiger partial charge on any atom is 0.241 e. The molecule has 3 nitrogen and oxygen atoms in total. The average Bonchev–Trinajstić information content (AvgIpc) is 2.48. The van der Waals surface area contributed by atoms with Gasteiger partial charge in [0, 0.05) is 12.2 Å². The van der Waals surface area contributed by atoms with E-state index in [2.05, 4.69) is 5.32 Å². The van der Waals surface area contributed by atoms with Gasteiger partial charge in [0.25, 0.3) is 0 Å². The van der Waals surface area contributed by atoms with Crippen molar-refractivity contribution in [1.29, 1.82) is 0 Å². The van der Waals surface area contributed by atoms with Gasteiger partial charge in [0.2, 0.25) is 5.91 Å². The number of carbonyl (C=O) groups excluding carboxylic acids is 1. The first-order chi connectivity index (χ1) is 10.5. The van der Waals surface area contributed by atoms with Crippen molar-refractivity contribution in [3.05, 3.63) is 65.7 Å². The van der Waals surface area contributed by atoms with Gasteiger partial charge < -0.3 is 5.32 Å². The van der Waals surface area contributed by atoms with Crippen LogP contribution in [0, 0.1) is 11.6 Å². The molecule has 0 bridgehead atoms. The van der Waals surface area contributed by atoms with Crippen molar-refractivity contribution in [3.8, 4) is 0 Å². The Morgan fingerprint density at radius 2 is 1.82 bits per heavy atom. The first-order valence-electron chi connectivity index (χ1n) is 6.97. The van der Waals surface area contributed by atoms with Crippen LogP contribution in [0.4, 0.5) is 14.5 Å². The third-order valence-corrected chi connectivity index (χ3v) is 3.47. The number of anilines is 1. The van der Waals surface area contributed by atoms with Crippen LogP contribution in [0.2, 0.25) is 0 Å². The molecule has 0 aromatic heterocycles. The third kappa shape index (κ3) is 4.36. The predicted molar refractivity (Wildman–Crippen MR) is 82.4 cm³/mol. The van der Waals surface area contributed by atoms with Crippen LogP contribution in [0.25, 0.3) is 0 Å². The molecule has 2 rings (SSSR count). The maximum atomic E-state index is 13.2. The molecule has 5 heteroatoms. The number of nitrogens with one attached hydrogen (secondary N) is 1. The van der Waals surface area contributed by atoms with Gasteiger partial charge in [-0.3, -0.25) is 9.69 Å². The van der Waals surface area contributed by atoms with Gasteiger partial charge in [0.15, 0.2) is 0 Å². The molecule has 22 heavy (non-hydrogen) atoms. The molecule has 1 N–H and O–H groups in total. The summed E-state index contributed by atoms with van der Waals surface area (Å²) < 4.78 is 26.0. The van der Waals surface area contributed by atoms with Crippen molar-refractivity contribution in [1.82, 2.24) is 4.90 Å². The number of hydrogen-bond acceptors (Lipinski definition) is 2. The average molecular weight is 304 g/mol. The molecule has 0 saturated heterocycles. The summed E-state index contributed by atoms with van der Waals surface area (Å²) in [5.74, 6) is -0.853. The number of amides is 1. The zero-order valence-corrected chi connectivity index (χ0v) is 12.5. The largest absolute Gasteiger partial charge is 0.325 e. The van der Waals surface area contributed by atoms with Crippen molar-refractivity contribution < 1.29 is 13.6 Å². The quantitative estimate of drug-likeness (QED) is 0.918. The molecule has 0 aliphatic rings. The van der Waals surface area contributed by atoms with E-state index in [0.29, 0.717) is 12.2 Å². The number of halogens is 2. The summed E-state index contributed by atoms with van der Waals surface area (Å²) in [6.07, 6.45) is 0. The summed E-state index contributed by atoms with van der Waals surface area (Å²) >= 11 is 0. The molecule has 1 amide bonds. The maximum absolute atomic E-state index is 13.2. The van der Waals surface area contributed by atoms with E-state index in [9.17, 15) is 13.6 Å². The first-order valence-corrected chi connectivity index (χ1v) is 6.97. The van der Waals surface area contributed by atoms with Gasteiger partial charge in [0.1, 0.15) is 11.6 Å². The second-order valence-corrected chi connectivity index (χ2v) is 5.22. The molecular weight excluding hydrogens is 286 g/mol. The van der Waals surface area contributed by atoms with Gasteiger partial charge in [-0.1, -0.05) is 12.1 Å². The van der Waals surface area contributed by atoms with Crippen LogP contribution in [0.15, 0.2) is 48.5 Å². The second-order valence-electron chi connectivity index (χ2n) is 5.22. The Hall–Kier alpha value is -2.27. The fourth-order valence-corrected chi connectivity index (χ4v) is 2.04. The van der Waals surface area contributed by atoms with Crippen molar-refractivity contribution in [2.75, 3.05) is 12.4 Å². The molecular formula is C17H18F2N2O. The third-order valence-electron chi connectivity index (χ3n) is 3.47. The lowest BCUT2D eigenvalue weighted by atomic mass is 10.2. The first kappa shape index (κ1) is 16.1. The van der Waals surface area contributed by atoms with Crippen LogP contribution < -0.4 is 5.32 Å². The molecule has 2 aromatic rings. The van der Waals surface area contributed by atoms with Gasteiger partial charge in [-0.15, -0.1) is 0 Å². The molecule has 0 aliphatic heterocycles. The van der Waals surface area contributed by atoms with Crippen LogP contribution in [0.1, 0.15) is 12.5 Å². The van der Waals surface area contributed by atoms with Crippen molar-refractivity contribution >= 4 is 11.6 Å². The predicted octanol–water partition coefficient (Wildman–Crippen LogP) is 3.42. The van der Waals surface area contributed by atoms with Crippen molar-refractivity contribution in [2.45, 2.75) is 19.5 Å². The minimum Gasteiger partial charge on any atom is -0.325 e. The minimum absolute atomic E-state index is 0.203. The zero-order valence-electron chi connectivity index (χ0n) is 12.5. The molecule has 2 aromatic carbocycles. The number of nitrogens with zero attached hydrogens (tertiary/aromatic N) is 1. The highest BCUT2D eigenvalue weighted by Gasteiger charge is 2.18. The van der Waals surface area contributed by atoms with Gasteiger partial charge in [-0.25, -0.2) is 8.78 Å². The SMILES string of the molecule is CC(C(=O)Nc1ccc(F)cc1)N(C)Cc1cccc(F)c1. The molecule has 0 radical (unpaired) electrons. The summed E-state index contributed by atoms with van der Waals surface area (Å²) in [6.45, 7) is 2.22. The monoisotopic (exact) mass is 304 g/mol. The van der Waals surface area contributed by atoms with Crippen molar-refractivity contribution in [3.63, 3.8) is 0 Å². The Kier molecular flexibility index (Phi) is 5.22. The van der Waals surface area contributed by atoms with Crippen LogP contribution in [-0.2, 0) is 11.3 Å². The summed E-state index contributed by atoms with van der Waals surface area (Å²) in [5.41, 5.74) is 1.33. The molecule has 0 aliphatic carbocycles. The zero-order chi connectivity index (χ0) is 16.1. The number of rotatable bonds is 5. The topological polar surface area (TPSA) is 32.3 Å². The lowest BCUT2D eigenvalue weighted by molar-refractivity contribution is -0.120. The Labute approximate surface area is 128 Å². The molecule has 1 unspecified atom stereocenters. The minimum atomic E-state index is -0.409. The van der Waals surface area contributed by atoms with Gasteiger partial charge in [0.05, 0.1) is 6.04 Å². The summed E-state index contributed by atoms with van der Waals surface area (Å²) in [4.78, 5) is 14.0. The van der Waals surface area contributed by atoms with E-state index in [-0.39, 0.29) is 17.5 Å². The van der Waals surface area contributed by atoms with Gasteiger partial charge in [-0.2, -0.15) is 0 Å². The van der Waals surface area contributed by atoms with Gasteiger partial charge in [-0.05, 0) is 55.9 Å². The van der Waals surface area contributed by atoms with E-state index in [1.165, 1.54) is 36.4 Å². The van der Waals surface area contributed by atoms with E-state index in [1.807, 2.05) is 11.0 Å². The molecule has 1 atom stereocenters. The Morgan fingerprint density at radius 3 is 2.45 bits per heavy atom. The molecule has 0 fully saturated rings. The molecule has 0 saturated carbocycles. The van der Waals surface area contributed by atoms with Gasteiger partial charge >= 0.3 is 0 Å². The summed E-state index contributed by atoms with van der Waals surface area (Å²) in [7, 11) is 1.79. The Balaban J connectivity index is 1.95. The fraction of sp³-hybridized carbons (Fsp3) is 0.235. The van der Waals surface area contributed by atoms with Crippen LogP contribution >= 0.6 is 0 Å². The smallest absolute Gasteiger partial charge is 0.241 e. The van der Waals surface area contributed by atoms with E-state index in [1.54, 1.807) is 20.0 Å². The van der Waals surface area contributed by atoms with E-state index in [0.717, 1.165) is 5.56 Å². The standard InChI is InChI=1S/C17H18F2N2O/c1-12(17(22)20-16-8-6-14(18)7-9-16)21(2)11-13-4-3-5-15(19)10-13/h3-10,12H,11H2,1-2H3,(H,20,22). The molecule has 116 valence electrons. The second kappa shape index (κ2) is 7.13. The van der Waals surface area contributed by atoms with Crippen LogP contribution in [0.3, 0.4) is 0 Å². The van der Waals surface area contributed by atoms with Crippen LogP contribution in [-0.4, -0.2) is 23.9 Å². The van der Waals surface area contributed by atoms with E-state index >= 15 is 0 Å². The van der Waals surface area contributed by atoms with E-state index in [4.69, 9.17) is 0 Å². The highest BCUT2D eigenvalue weighted by atomic mass is 19.1. The number of likely N-dealkylation sites (N-methyl/N-ethyl adjacent to an activating group) is 1.